The van der Waals surface area contributed by atoms with Crippen LogP contribution < -0.4 is 10.6 Å². The Morgan fingerprint density at radius 2 is 2.05 bits per heavy atom. The lowest BCUT2D eigenvalue weighted by molar-refractivity contribution is -0.134. The van der Waals surface area contributed by atoms with Crippen molar-refractivity contribution in [1.29, 1.82) is 0 Å². The molecule has 1 saturated heterocycles. The van der Waals surface area contributed by atoms with Gasteiger partial charge in [-0.3, -0.25) is 9.59 Å². The van der Waals surface area contributed by atoms with E-state index in [0.717, 1.165) is 45.7 Å². The molecule has 0 aliphatic carbocycles. The number of nitrogens with one attached hydrogen (secondary N) is 2. The van der Waals surface area contributed by atoms with Gasteiger partial charge < -0.3 is 20.0 Å². The number of carbonyl (C=O) groups excluding carboxylic acids is 2. The molecule has 196 valence electrons. The Labute approximate surface area is 226 Å². The van der Waals surface area contributed by atoms with Gasteiger partial charge in [0.25, 0.3) is 0 Å². The SMILES string of the molecule is C=CC(=O)CNc1ccc(CN2CCC[C@@H](Nc3ncc(SCc4ncc(C(C)(C)C)o4)s3)C2=O)cc1. The molecule has 1 aliphatic rings. The number of hydrogen-bond acceptors (Lipinski definition) is 9. The molecule has 4 rings (SSSR count). The highest BCUT2D eigenvalue weighted by Gasteiger charge is 2.29. The predicted molar refractivity (Wildman–Crippen MR) is 149 cm³/mol. The molecule has 2 aromatic heterocycles. The standard InChI is InChI=1S/C27H33N5O3S2/c1-5-20(33)13-28-19-10-8-18(9-11-19)16-32-12-6-7-21(25(32)34)31-26-30-15-24(37-26)36-17-23-29-14-22(35-23)27(2,3)4/h5,8-11,14-15,21,28H,1,6-7,12-13,16-17H2,2-4H3,(H,30,31)/t21-/m1/s1. The van der Waals surface area contributed by atoms with Gasteiger partial charge >= 0.3 is 0 Å². The Morgan fingerprint density at radius 3 is 2.76 bits per heavy atom. The Hall–Kier alpha value is -3.11. The van der Waals surface area contributed by atoms with Gasteiger partial charge in [-0.25, -0.2) is 9.97 Å². The molecule has 10 heteroatoms. The van der Waals surface area contributed by atoms with Crippen molar-refractivity contribution in [2.75, 3.05) is 23.7 Å². The van der Waals surface area contributed by atoms with E-state index in [1.54, 1.807) is 18.0 Å². The highest BCUT2D eigenvalue weighted by molar-refractivity contribution is 8.00. The maximum absolute atomic E-state index is 13.2. The summed E-state index contributed by atoms with van der Waals surface area (Å²) in [6.07, 6.45) is 6.64. The third-order valence-corrected chi connectivity index (χ3v) is 8.07. The highest BCUT2D eigenvalue weighted by atomic mass is 32.2. The van der Waals surface area contributed by atoms with Gasteiger partial charge in [0.05, 0.1) is 28.9 Å². The van der Waals surface area contributed by atoms with Crippen LogP contribution in [0.15, 0.2) is 57.9 Å². The molecule has 1 aromatic carbocycles. The molecule has 0 saturated carbocycles. The van der Waals surface area contributed by atoms with Crippen molar-refractivity contribution in [2.24, 2.45) is 0 Å². The average Bonchev–Trinajstić information content (AvgIpc) is 3.54. The van der Waals surface area contributed by atoms with E-state index in [4.69, 9.17) is 4.42 Å². The minimum atomic E-state index is -0.287. The van der Waals surface area contributed by atoms with E-state index >= 15 is 0 Å². The Balaban J connectivity index is 1.28. The second-order valence-electron chi connectivity index (χ2n) is 9.96. The van der Waals surface area contributed by atoms with Crippen molar-refractivity contribution in [3.8, 4) is 0 Å². The average molecular weight is 540 g/mol. The first-order valence-electron chi connectivity index (χ1n) is 12.3. The van der Waals surface area contributed by atoms with Crippen molar-refractivity contribution >= 4 is 45.6 Å². The van der Waals surface area contributed by atoms with Gasteiger partial charge in [0, 0.05) is 24.2 Å². The van der Waals surface area contributed by atoms with Crippen molar-refractivity contribution in [3.05, 3.63) is 66.5 Å². The number of oxazole rings is 1. The fourth-order valence-electron chi connectivity index (χ4n) is 3.84. The summed E-state index contributed by atoms with van der Waals surface area (Å²) in [4.78, 5) is 35.3. The molecule has 0 unspecified atom stereocenters. The second kappa shape index (κ2) is 12.0. The van der Waals surface area contributed by atoms with Gasteiger partial charge in [0.2, 0.25) is 11.8 Å². The topological polar surface area (TPSA) is 100 Å². The molecule has 3 aromatic rings. The van der Waals surface area contributed by atoms with Crippen molar-refractivity contribution in [2.45, 2.75) is 61.6 Å². The number of rotatable bonds is 11. The lowest BCUT2D eigenvalue weighted by Crippen LogP contribution is -2.47. The van der Waals surface area contributed by atoms with Crippen molar-refractivity contribution in [3.63, 3.8) is 0 Å². The lowest BCUT2D eigenvalue weighted by Gasteiger charge is -2.32. The molecule has 1 amide bonds. The smallest absolute Gasteiger partial charge is 0.245 e. The van der Waals surface area contributed by atoms with Crippen LogP contribution in [0.5, 0.6) is 0 Å². The van der Waals surface area contributed by atoms with Crippen LogP contribution in [-0.2, 0) is 27.3 Å². The Bertz CT molecular complexity index is 1230. The number of likely N-dealkylation sites (tertiary alicyclic amines) is 1. The van der Waals surface area contributed by atoms with Crippen molar-refractivity contribution in [1.82, 2.24) is 14.9 Å². The van der Waals surface area contributed by atoms with E-state index in [2.05, 4.69) is 48.0 Å². The number of thioether (sulfide) groups is 1. The number of amides is 1. The molecular formula is C27H33N5O3S2. The van der Waals surface area contributed by atoms with Gasteiger partial charge in [-0.15, -0.1) is 11.8 Å². The zero-order valence-electron chi connectivity index (χ0n) is 21.5. The molecule has 8 nitrogen and oxygen atoms in total. The number of anilines is 2. The summed E-state index contributed by atoms with van der Waals surface area (Å²) in [7, 11) is 0. The minimum Gasteiger partial charge on any atom is -0.444 e. The summed E-state index contributed by atoms with van der Waals surface area (Å²) < 4.78 is 6.91. The zero-order valence-corrected chi connectivity index (χ0v) is 23.1. The fraction of sp³-hybridized carbons (Fsp3) is 0.407. The van der Waals surface area contributed by atoms with Crippen LogP contribution in [-0.4, -0.2) is 45.7 Å². The van der Waals surface area contributed by atoms with E-state index in [1.807, 2.05) is 35.4 Å². The van der Waals surface area contributed by atoms with Gasteiger partial charge in [-0.05, 0) is 36.6 Å². The number of ketones is 1. The molecule has 0 spiro atoms. The lowest BCUT2D eigenvalue weighted by atomic mass is 9.94. The first-order chi connectivity index (χ1) is 17.7. The van der Waals surface area contributed by atoms with E-state index in [1.165, 1.54) is 17.4 Å². The van der Waals surface area contributed by atoms with Crippen LogP contribution in [0.2, 0.25) is 0 Å². The van der Waals surface area contributed by atoms with Crippen LogP contribution in [0.3, 0.4) is 0 Å². The van der Waals surface area contributed by atoms with E-state index in [0.29, 0.717) is 18.2 Å². The normalized spacial score (nSPS) is 16.0. The zero-order chi connectivity index (χ0) is 26.4. The van der Waals surface area contributed by atoms with Gasteiger partial charge in [0.1, 0.15) is 11.8 Å². The Morgan fingerprint density at radius 1 is 1.27 bits per heavy atom. The number of hydrogen-bond donors (Lipinski definition) is 2. The highest BCUT2D eigenvalue weighted by Crippen LogP contribution is 2.32. The number of aromatic nitrogens is 2. The van der Waals surface area contributed by atoms with Gasteiger partial charge in [-0.1, -0.05) is 50.8 Å². The first kappa shape index (κ1) is 26.9. The third kappa shape index (κ3) is 7.45. The maximum Gasteiger partial charge on any atom is 0.245 e. The molecule has 2 N–H and O–H groups in total. The second-order valence-corrected chi connectivity index (χ2v) is 12.3. The maximum atomic E-state index is 13.2. The molecular weight excluding hydrogens is 506 g/mol. The van der Waals surface area contributed by atoms with Crippen LogP contribution in [0.4, 0.5) is 10.8 Å². The van der Waals surface area contributed by atoms with Crippen LogP contribution in [0, 0.1) is 0 Å². The van der Waals surface area contributed by atoms with E-state index < -0.39 is 0 Å². The predicted octanol–water partition coefficient (Wildman–Crippen LogP) is 5.49. The summed E-state index contributed by atoms with van der Waals surface area (Å²) in [5, 5.41) is 7.16. The summed E-state index contributed by atoms with van der Waals surface area (Å²) in [5.41, 5.74) is 1.84. The minimum absolute atomic E-state index is 0.0586. The number of thiazole rings is 1. The first-order valence-corrected chi connectivity index (χ1v) is 14.1. The largest absolute Gasteiger partial charge is 0.444 e. The van der Waals surface area contributed by atoms with Gasteiger partial charge in [0.15, 0.2) is 10.9 Å². The summed E-state index contributed by atoms with van der Waals surface area (Å²) in [6.45, 7) is 11.3. The molecule has 1 atom stereocenters. The fourth-order valence-corrected chi connectivity index (χ4v) is 5.62. The monoisotopic (exact) mass is 539 g/mol. The van der Waals surface area contributed by atoms with Crippen molar-refractivity contribution < 1.29 is 14.0 Å². The summed E-state index contributed by atoms with van der Waals surface area (Å²) in [6, 6.07) is 7.52. The quantitative estimate of drug-likeness (QED) is 0.244. The van der Waals surface area contributed by atoms with Crippen LogP contribution in [0.25, 0.3) is 0 Å². The van der Waals surface area contributed by atoms with E-state index in [9.17, 15) is 9.59 Å². The number of nitrogens with zero attached hydrogens (tertiary/aromatic N) is 3. The summed E-state index contributed by atoms with van der Waals surface area (Å²) >= 11 is 3.17. The summed E-state index contributed by atoms with van der Waals surface area (Å²) in [5.74, 6) is 2.24. The number of benzene rings is 1. The van der Waals surface area contributed by atoms with Crippen LogP contribution in [0.1, 0.15) is 50.8 Å². The van der Waals surface area contributed by atoms with Crippen LogP contribution >= 0.6 is 23.1 Å². The molecule has 3 heterocycles. The molecule has 37 heavy (non-hydrogen) atoms. The third-order valence-electron chi connectivity index (χ3n) is 5.97. The number of carbonyl (C=O) groups is 2. The molecule has 0 radical (unpaired) electrons. The molecule has 1 aliphatic heterocycles. The number of piperidine rings is 1. The Kier molecular flexibility index (Phi) is 8.71. The van der Waals surface area contributed by atoms with E-state index in [-0.39, 0.29) is 29.7 Å². The molecule has 1 fully saturated rings. The molecule has 0 bridgehead atoms. The van der Waals surface area contributed by atoms with Gasteiger partial charge in [-0.2, -0.15) is 0 Å².